The average Bonchev–Trinajstić information content (AvgIpc) is 2.36. The zero-order valence-corrected chi connectivity index (χ0v) is 14.1. The summed E-state index contributed by atoms with van der Waals surface area (Å²) in [6.45, 7) is 4.05. The van der Waals surface area contributed by atoms with Crippen LogP contribution in [0.4, 0.5) is 0 Å². The summed E-state index contributed by atoms with van der Waals surface area (Å²) >= 11 is 0. The second kappa shape index (κ2) is 7.33. The van der Waals surface area contributed by atoms with Gasteiger partial charge in [-0.3, -0.25) is 4.21 Å². The van der Waals surface area contributed by atoms with Gasteiger partial charge < -0.3 is 5.32 Å². The fourth-order valence-electron chi connectivity index (χ4n) is 1.98. The molecule has 0 heterocycles. The Balaban J connectivity index is 2.77. The molecule has 1 aromatic rings. The molecule has 1 aromatic carbocycles. The molecule has 2 atom stereocenters. The molecule has 0 amide bonds. The molecule has 20 heavy (non-hydrogen) atoms. The zero-order valence-electron chi connectivity index (χ0n) is 12.5. The van der Waals surface area contributed by atoms with E-state index in [1.807, 2.05) is 27.0 Å². The van der Waals surface area contributed by atoms with Crippen LogP contribution in [-0.4, -0.2) is 43.2 Å². The Morgan fingerprint density at radius 2 is 1.95 bits per heavy atom. The van der Waals surface area contributed by atoms with Crippen molar-refractivity contribution in [2.24, 2.45) is 0 Å². The molecular formula is C14H23NO3S2. The van der Waals surface area contributed by atoms with Crippen molar-refractivity contribution in [1.29, 1.82) is 0 Å². The molecule has 0 saturated carbocycles. The lowest BCUT2D eigenvalue weighted by molar-refractivity contribution is 0.602. The first-order chi connectivity index (χ1) is 9.23. The average molecular weight is 317 g/mol. The molecular weight excluding hydrogens is 294 g/mol. The van der Waals surface area contributed by atoms with Crippen molar-refractivity contribution in [2.75, 3.05) is 30.6 Å². The van der Waals surface area contributed by atoms with Crippen LogP contribution in [-0.2, 0) is 20.6 Å². The van der Waals surface area contributed by atoms with Gasteiger partial charge in [-0.1, -0.05) is 23.8 Å². The highest BCUT2D eigenvalue weighted by Gasteiger charge is 2.16. The summed E-state index contributed by atoms with van der Waals surface area (Å²) in [5, 5.41) is 3.17. The van der Waals surface area contributed by atoms with E-state index in [9.17, 15) is 12.6 Å². The highest BCUT2D eigenvalue weighted by Crippen LogP contribution is 2.20. The molecule has 4 nitrogen and oxygen atoms in total. The quantitative estimate of drug-likeness (QED) is 0.825. The Hall–Kier alpha value is -0.720. The third kappa shape index (κ3) is 5.73. The van der Waals surface area contributed by atoms with E-state index in [-0.39, 0.29) is 17.5 Å². The molecule has 114 valence electrons. The Bertz CT molecular complexity index is 582. The van der Waals surface area contributed by atoms with Crippen molar-refractivity contribution in [2.45, 2.75) is 19.9 Å². The van der Waals surface area contributed by atoms with Crippen LogP contribution in [0.25, 0.3) is 0 Å². The second-order valence-corrected chi connectivity index (χ2v) is 9.02. The lowest BCUT2D eigenvalue weighted by Crippen LogP contribution is -2.26. The first-order valence-electron chi connectivity index (χ1n) is 6.50. The third-order valence-corrected chi connectivity index (χ3v) is 5.76. The molecule has 0 saturated heterocycles. The van der Waals surface area contributed by atoms with Crippen molar-refractivity contribution in [3.8, 4) is 0 Å². The molecule has 1 rings (SSSR count). The van der Waals surface area contributed by atoms with Crippen LogP contribution in [0.1, 0.15) is 22.7 Å². The first kappa shape index (κ1) is 17.3. The molecule has 0 fully saturated rings. The minimum Gasteiger partial charge on any atom is -0.312 e. The molecule has 1 N–H and O–H groups in total. The van der Waals surface area contributed by atoms with Gasteiger partial charge in [0, 0.05) is 34.6 Å². The lowest BCUT2D eigenvalue weighted by Gasteiger charge is -2.19. The van der Waals surface area contributed by atoms with Gasteiger partial charge in [0.1, 0.15) is 9.84 Å². The molecule has 0 spiro atoms. The second-order valence-electron chi connectivity index (χ2n) is 5.14. The molecule has 6 heteroatoms. The van der Waals surface area contributed by atoms with Crippen molar-refractivity contribution in [3.05, 3.63) is 34.9 Å². The first-order valence-corrected chi connectivity index (χ1v) is 10.0. The van der Waals surface area contributed by atoms with Crippen molar-refractivity contribution < 1.29 is 12.6 Å². The van der Waals surface area contributed by atoms with E-state index in [2.05, 4.69) is 17.4 Å². The Labute approximate surface area is 124 Å². The highest BCUT2D eigenvalue weighted by atomic mass is 32.2. The number of sulfone groups is 1. The zero-order chi connectivity index (χ0) is 15.3. The maximum absolute atomic E-state index is 12.0. The third-order valence-electron chi connectivity index (χ3n) is 3.19. The lowest BCUT2D eigenvalue weighted by atomic mass is 10.0. The van der Waals surface area contributed by atoms with E-state index in [0.717, 1.165) is 16.7 Å². The maximum Gasteiger partial charge on any atom is 0.148 e. The van der Waals surface area contributed by atoms with Gasteiger partial charge in [-0.15, -0.1) is 0 Å². The molecule has 0 bridgehead atoms. The fourth-order valence-corrected chi connectivity index (χ4v) is 4.82. The summed E-state index contributed by atoms with van der Waals surface area (Å²) in [7, 11) is -2.37. The Kier molecular flexibility index (Phi) is 6.36. The van der Waals surface area contributed by atoms with Crippen LogP contribution in [0.3, 0.4) is 0 Å². The summed E-state index contributed by atoms with van der Waals surface area (Å²) < 4.78 is 34.3. The number of hydrogen-bond acceptors (Lipinski definition) is 4. The van der Waals surface area contributed by atoms with E-state index in [1.165, 1.54) is 6.26 Å². The van der Waals surface area contributed by atoms with Crippen molar-refractivity contribution in [1.82, 2.24) is 5.32 Å². The van der Waals surface area contributed by atoms with E-state index in [0.29, 0.717) is 5.75 Å². The topological polar surface area (TPSA) is 63.2 Å². The molecule has 0 radical (unpaired) electrons. The molecule has 0 aliphatic carbocycles. The van der Waals surface area contributed by atoms with Gasteiger partial charge >= 0.3 is 0 Å². The Morgan fingerprint density at radius 1 is 1.30 bits per heavy atom. The van der Waals surface area contributed by atoms with Crippen molar-refractivity contribution >= 4 is 20.6 Å². The normalized spacial score (nSPS) is 15.0. The highest BCUT2D eigenvalue weighted by molar-refractivity contribution is 7.92. The molecule has 0 aliphatic rings. The smallest absolute Gasteiger partial charge is 0.148 e. The van der Waals surface area contributed by atoms with Gasteiger partial charge in [0.15, 0.2) is 0 Å². The summed E-state index contributed by atoms with van der Waals surface area (Å²) in [6.07, 6.45) is 1.17. The van der Waals surface area contributed by atoms with Gasteiger partial charge in [-0.05, 0) is 32.0 Å². The summed E-state index contributed by atoms with van der Waals surface area (Å²) in [5.74, 6) is 0.598. The van der Waals surface area contributed by atoms with Crippen LogP contribution in [0.15, 0.2) is 18.2 Å². The number of hydrogen-bond donors (Lipinski definition) is 1. The standard InChI is InChI=1S/C14H23NO3S2/c1-11-5-6-12(2)13(9-11)14(15-3)10-19(16)7-8-20(4,17)18/h5-6,9,14-15H,7-8,10H2,1-4H3. The van der Waals surface area contributed by atoms with Crippen LogP contribution < -0.4 is 5.32 Å². The SMILES string of the molecule is CNC(CS(=O)CCS(C)(=O)=O)c1cc(C)ccc1C. The number of nitrogens with one attached hydrogen (secondary N) is 1. The molecule has 0 aromatic heterocycles. The van der Waals surface area contributed by atoms with Gasteiger partial charge in [-0.2, -0.15) is 0 Å². The predicted molar refractivity (Wildman–Crippen MR) is 85.3 cm³/mol. The number of aryl methyl sites for hydroxylation is 2. The van der Waals surface area contributed by atoms with Gasteiger partial charge in [-0.25, -0.2) is 8.42 Å². The molecule has 0 aliphatic heterocycles. The maximum atomic E-state index is 12.0. The number of rotatable bonds is 7. The van der Waals surface area contributed by atoms with E-state index < -0.39 is 20.6 Å². The van der Waals surface area contributed by atoms with Crippen LogP contribution >= 0.6 is 0 Å². The largest absolute Gasteiger partial charge is 0.312 e. The van der Waals surface area contributed by atoms with E-state index >= 15 is 0 Å². The monoisotopic (exact) mass is 317 g/mol. The van der Waals surface area contributed by atoms with E-state index in [4.69, 9.17) is 0 Å². The predicted octanol–water partition coefficient (Wildman–Crippen LogP) is 1.36. The van der Waals surface area contributed by atoms with Gasteiger partial charge in [0.05, 0.1) is 5.75 Å². The Morgan fingerprint density at radius 3 is 2.50 bits per heavy atom. The van der Waals surface area contributed by atoms with Crippen molar-refractivity contribution in [3.63, 3.8) is 0 Å². The molecule has 2 unspecified atom stereocenters. The fraction of sp³-hybridized carbons (Fsp3) is 0.571. The van der Waals surface area contributed by atoms with Gasteiger partial charge in [0.25, 0.3) is 0 Å². The summed E-state index contributed by atoms with van der Waals surface area (Å²) in [5.41, 5.74) is 3.43. The minimum absolute atomic E-state index is 0.0182. The summed E-state index contributed by atoms with van der Waals surface area (Å²) in [6, 6.07) is 6.17. The summed E-state index contributed by atoms with van der Waals surface area (Å²) in [4.78, 5) is 0. The van der Waals surface area contributed by atoms with Crippen LogP contribution in [0.2, 0.25) is 0 Å². The number of benzene rings is 1. The van der Waals surface area contributed by atoms with Crippen LogP contribution in [0, 0.1) is 13.8 Å². The minimum atomic E-state index is -3.05. The van der Waals surface area contributed by atoms with Crippen LogP contribution in [0.5, 0.6) is 0 Å². The van der Waals surface area contributed by atoms with E-state index in [1.54, 1.807) is 0 Å². The van der Waals surface area contributed by atoms with Gasteiger partial charge in [0.2, 0.25) is 0 Å².